The molecule has 0 heteroatoms. The van der Waals surface area contributed by atoms with Crippen molar-refractivity contribution in [2.75, 3.05) is 0 Å². The third-order valence-corrected chi connectivity index (χ3v) is 11.5. The van der Waals surface area contributed by atoms with E-state index >= 15 is 0 Å². The van der Waals surface area contributed by atoms with Crippen LogP contribution in [0.1, 0.15) is 0 Å². The van der Waals surface area contributed by atoms with Crippen LogP contribution < -0.4 is 0 Å². The van der Waals surface area contributed by atoms with E-state index in [9.17, 15) is 0 Å². The highest BCUT2D eigenvalue weighted by Gasteiger charge is 2.12. The van der Waals surface area contributed by atoms with Crippen LogP contribution in [0.15, 0.2) is 255 Å². The van der Waals surface area contributed by atoms with E-state index in [0.29, 0.717) is 0 Å². The van der Waals surface area contributed by atoms with Gasteiger partial charge in [0.1, 0.15) is 0 Å². The smallest absolute Gasteiger partial charge is 0.0171 e. The predicted molar refractivity (Wildman–Crippen MR) is 255 cm³/mol. The fourth-order valence-corrected chi connectivity index (χ4v) is 8.27. The van der Waals surface area contributed by atoms with Gasteiger partial charge in [-0.2, -0.15) is 0 Å². The largest absolute Gasteiger partial charge is 0.0622 e. The third kappa shape index (κ3) is 7.88. The molecule has 0 fully saturated rings. The summed E-state index contributed by atoms with van der Waals surface area (Å²) in [5, 5.41) is 0. The quantitative estimate of drug-likeness (QED) is 0.137. The third-order valence-electron chi connectivity index (χ3n) is 11.5. The maximum Gasteiger partial charge on any atom is -0.0171 e. The van der Waals surface area contributed by atoms with Crippen LogP contribution >= 0.6 is 0 Å². The molecule has 0 aliphatic carbocycles. The van der Waals surface area contributed by atoms with Crippen molar-refractivity contribution in [1.29, 1.82) is 0 Å². The lowest BCUT2D eigenvalue weighted by Crippen LogP contribution is -1.89. The molecule has 0 aliphatic heterocycles. The summed E-state index contributed by atoms with van der Waals surface area (Å²) < 4.78 is 0. The number of benzene rings is 10. The van der Waals surface area contributed by atoms with Crippen molar-refractivity contribution in [1.82, 2.24) is 0 Å². The van der Waals surface area contributed by atoms with Crippen LogP contribution in [0.5, 0.6) is 0 Å². The van der Waals surface area contributed by atoms with Crippen LogP contribution in [0, 0.1) is 0 Å². The first-order chi connectivity index (χ1) is 29.7. The summed E-state index contributed by atoms with van der Waals surface area (Å²) in [7, 11) is 0. The average molecular weight is 763 g/mol. The molecule has 0 N–H and O–H groups in total. The molecule has 0 saturated carbocycles. The van der Waals surface area contributed by atoms with Crippen LogP contribution in [0.2, 0.25) is 0 Å². The van der Waals surface area contributed by atoms with Gasteiger partial charge in [-0.15, -0.1) is 0 Å². The summed E-state index contributed by atoms with van der Waals surface area (Å²) >= 11 is 0. The van der Waals surface area contributed by atoms with E-state index in [2.05, 4.69) is 255 Å². The fourth-order valence-electron chi connectivity index (χ4n) is 8.27. The Morgan fingerprint density at radius 1 is 0.100 bits per heavy atom. The zero-order valence-corrected chi connectivity index (χ0v) is 33.2. The summed E-state index contributed by atoms with van der Waals surface area (Å²) in [5.41, 5.74) is 21.6. The monoisotopic (exact) mass is 762 g/mol. The van der Waals surface area contributed by atoms with E-state index in [0.717, 1.165) is 0 Å². The van der Waals surface area contributed by atoms with Crippen LogP contribution in [0.4, 0.5) is 0 Å². The second kappa shape index (κ2) is 16.6. The molecule has 0 aliphatic rings. The lowest BCUT2D eigenvalue weighted by Gasteiger charge is -2.14. The van der Waals surface area contributed by atoms with Crippen molar-refractivity contribution in [3.63, 3.8) is 0 Å². The minimum atomic E-state index is 1.18. The minimum Gasteiger partial charge on any atom is -0.0622 e. The van der Waals surface area contributed by atoms with Gasteiger partial charge in [0.15, 0.2) is 0 Å². The summed E-state index contributed by atoms with van der Waals surface area (Å²) in [4.78, 5) is 0. The van der Waals surface area contributed by atoms with Gasteiger partial charge in [-0.05, 0) is 149 Å². The summed E-state index contributed by atoms with van der Waals surface area (Å²) in [6.45, 7) is 0. The van der Waals surface area contributed by atoms with Gasteiger partial charge in [0, 0.05) is 0 Å². The molecule has 10 aromatic rings. The van der Waals surface area contributed by atoms with Crippen LogP contribution in [0.25, 0.3) is 100 Å². The molecule has 0 amide bonds. The van der Waals surface area contributed by atoms with Gasteiger partial charge in [0.05, 0.1) is 0 Å². The van der Waals surface area contributed by atoms with Crippen molar-refractivity contribution in [3.05, 3.63) is 255 Å². The highest BCUT2D eigenvalue weighted by atomic mass is 14.2. The van der Waals surface area contributed by atoms with E-state index in [4.69, 9.17) is 0 Å². The van der Waals surface area contributed by atoms with Crippen LogP contribution in [-0.2, 0) is 0 Å². The standard InChI is InChI=1S/C60H42/c1-4-15-43(16-5-1)46-31-33-47(34-32-46)50-23-12-28-55(37-50)58-40-59(56-29-13-26-53(38-56)51-24-10-21-48(35-51)44-17-6-2-7-18-44)42-60(41-58)57-30-14-27-54(39-57)52-25-11-22-49(36-52)45-19-8-3-9-20-45/h1-42H. The van der Waals surface area contributed by atoms with E-state index in [1.807, 2.05) is 0 Å². The van der Waals surface area contributed by atoms with Gasteiger partial charge in [-0.25, -0.2) is 0 Å². The van der Waals surface area contributed by atoms with Crippen molar-refractivity contribution < 1.29 is 0 Å². The fraction of sp³-hybridized carbons (Fsp3) is 0. The molecule has 60 heavy (non-hydrogen) atoms. The van der Waals surface area contributed by atoms with E-state index < -0.39 is 0 Å². The second-order valence-corrected chi connectivity index (χ2v) is 15.4. The van der Waals surface area contributed by atoms with Gasteiger partial charge in [0.25, 0.3) is 0 Å². The molecular weight excluding hydrogens is 721 g/mol. The minimum absolute atomic E-state index is 1.18. The molecule has 0 unspecified atom stereocenters. The number of hydrogen-bond donors (Lipinski definition) is 0. The molecule has 0 atom stereocenters. The number of hydrogen-bond acceptors (Lipinski definition) is 0. The van der Waals surface area contributed by atoms with E-state index in [1.165, 1.54) is 100 Å². The Morgan fingerprint density at radius 2 is 0.250 bits per heavy atom. The Hall–Kier alpha value is -7.80. The Kier molecular flexibility index (Phi) is 10.1. The first kappa shape index (κ1) is 36.5. The van der Waals surface area contributed by atoms with Crippen molar-refractivity contribution >= 4 is 0 Å². The average Bonchev–Trinajstić information content (AvgIpc) is 3.35. The number of rotatable bonds is 9. The van der Waals surface area contributed by atoms with Crippen LogP contribution in [0.3, 0.4) is 0 Å². The Morgan fingerprint density at radius 3 is 0.517 bits per heavy atom. The van der Waals surface area contributed by atoms with Gasteiger partial charge in [0.2, 0.25) is 0 Å². The first-order valence-corrected chi connectivity index (χ1v) is 20.6. The molecule has 0 heterocycles. The molecule has 10 rings (SSSR count). The maximum atomic E-state index is 2.36. The Balaban J connectivity index is 1.06. The normalized spacial score (nSPS) is 11.0. The zero-order chi connectivity index (χ0) is 40.1. The molecule has 282 valence electrons. The molecule has 0 radical (unpaired) electrons. The topological polar surface area (TPSA) is 0 Å². The van der Waals surface area contributed by atoms with Crippen molar-refractivity contribution in [2.45, 2.75) is 0 Å². The predicted octanol–water partition coefficient (Wildman–Crippen LogP) is 16.7. The SMILES string of the molecule is c1ccc(-c2ccc(-c3cccc(-c4cc(-c5cccc(-c6cccc(-c7ccccc7)c6)c5)cc(-c5cccc(-c6cccc(-c7ccccc7)c6)c5)c4)c3)cc2)cc1. The van der Waals surface area contributed by atoms with Gasteiger partial charge >= 0.3 is 0 Å². The Bertz CT molecular complexity index is 2910. The lowest BCUT2D eigenvalue weighted by atomic mass is 9.90. The van der Waals surface area contributed by atoms with Gasteiger partial charge < -0.3 is 0 Å². The second-order valence-electron chi connectivity index (χ2n) is 15.4. The van der Waals surface area contributed by atoms with Crippen LogP contribution in [-0.4, -0.2) is 0 Å². The summed E-state index contributed by atoms with van der Waals surface area (Å²) in [6.07, 6.45) is 0. The molecule has 0 aromatic heterocycles. The van der Waals surface area contributed by atoms with Gasteiger partial charge in [-0.1, -0.05) is 206 Å². The highest BCUT2D eigenvalue weighted by Crippen LogP contribution is 2.38. The van der Waals surface area contributed by atoms with Gasteiger partial charge in [-0.3, -0.25) is 0 Å². The molecule has 0 bridgehead atoms. The molecule has 0 spiro atoms. The van der Waals surface area contributed by atoms with Crippen molar-refractivity contribution in [2.24, 2.45) is 0 Å². The van der Waals surface area contributed by atoms with Crippen molar-refractivity contribution in [3.8, 4) is 100 Å². The molecule has 0 saturated heterocycles. The lowest BCUT2D eigenvalue weighted by molar-refractivity contribution is 1.54. The molecular formula is C60H42. The maximum absolute atomic E-state index is 2.36. The molecule has 0 nitrogen and oxygen atoms in total. The summed E-state index contributed by atoms with van der Waals surface area (Å²) in [5.74, 6) is 0. The Labute approximate surface area is 353 Å². The highest BCUT2D eigenvalue weighted by molar-refractivity contribution is 5.86. The first-order valence-electron chi connectivity index (χ1n) is 20.6. The van der Waals surface area contributed by atoms with E-state index in [1.54, 1.807) is 0 Å². The van der Waals surface area contributed by atoms with E-state index in [-0.39, 0.29) is 0 Å². The summed E-state index contributed by atoms with van der Waals surface area (Å²) in [6, 6.07) is 92.4. The molecule has 10 aromatic carbocycles. The zero-order valence-electron chi connectivity index (χ0n) is 33.2.